The van der Waals surface area contributed by atoms with Gasteiger partial charge in [0.1, 0.15) is 11.5 Å². The van der Waals surface area contributed by atoms with E-state index in [1.54, 1.807) is 48.5 Å². The summed E-state index contributed by atoms with van der Waals surface area (Å²) in [6.07, 6.45) is 0. The smallest absolute Gasteiger partial charge is 0.354 e. The molecule has 1 heterocycles. The first-order valence-corrected chi connectivity index (χ1v) is 11.2. The lowest BCUT2D eigenvalue weighted by Crippen LogP contribution is -2.38. The summed E-state index contributed by atoms with van der Waals surface area (Å²) in [7, 11) is -1.33. The van der Waals surface area contributed by atoms with Crippen molar-refractivity contribution in [1.29, 1.82) is 0 Å². The standard InChI is InChI=1S/C23H18ClNO6S/c1-30-15-11-14(12-16(13-15)31-2)21-17-7-3-6-10-20(17)32(28,29)25(22(21)23(26)27)19-9-5-4-8-18(19)24/h3-13H,1-2H3,(H,26,27). The molecule has 0 spiro atoms. The number of para-hydroxylation sites is 1. The number of carbonyl (C=O) groups is 1. The lowest BCUT2D eigenvalue weighted by molar-refractivity contribution is -0.132. The summed E-state index contributed by atoms with van der Waals surface area (Å²) >= 11 is 6.31. The minimum Gasteiger partial charge on any atom is -0.497 e. The van der Waals surface area contributed by atoms with Crippen LogP contribution in [0.15, 0.2) is 77.3 Å². The first-order valence-electron chi connectivity index (χ1n) is 9.40. The number of fused-ring (bicyclic) bond motifs is 1. The van der Waals surface area contributed by atoms with Crippen molar-refractivity contribution >= 4 is 38.9 Å². The molecule has 0 amide bonds. The van der Waals surface area contributed by atoms with Crippen molar-refractivity contribution < 1.29 is 27.8 Å². The van der Waals surface area contributed by atoms with E-state index in [2.05, 4.69) is 0 Å². The highest BCUT2D eigenvalue weighted by Gasteiger charge is 2.42. The minimum absolute atomic E-state index is 0.0356. The number of sulfonamides is 1. The summed E-state index contributed by atoms with van der Waals surface area (Å²) in [5, 5.41) is 10.3. The van der Waals surface area contributed by atoms with Gasteiger partial charge in [-0.25, -0.2) is 17.5 Å². The molecule has 0 fully saturated rings. The van der Waals surface area contributed by atoms with Crippen molar-refractivity contribution in [2.45, 2.75) is 4.90 Å². The second-order valence-electron chi connectivity index (χ2n) is 6.85. The topological polar surface area (TPSA) is 93.1 Å². The van der Waals surface area contributed by atoms with Crippen molar-refractivity contribution in [1.82, 2.24) is 0 Å². The molecule has 0 unspecified atom stereocenters. The van der Waals surface area contributed by atoms with Crippen molar-refractivity contribution in [2.75, 3.05) is 18.5 Å². The first-order chi connectivity index (χ1) is 15.3. The molecule has 0 radical (unpaired) electrons. The number of carboxylic acids is 1. The molecule has 9 heteroatoms. The van der Waals surface area contributed by atoms with E-state index in [-0.39, 0.29) is 26.7 Å². The average Bonchev–Trinajstić information content (AvgIpc) is 2.79. The van der Waals surface area contributed by atoms with Gasteiger partial charge >= 0.3 is 5.97 Å². The molecule has 164 valence electrons. The van der Waals surface area contributed by atoms with Gasteiger partial charge in [0, 0.05) is 17.2 Å². The average molecular weight is 472 g/mol. The predicted molar refractivity (Wildman–Crippen MR) is 121 cm³/mol. The highest BCUT2D eigenvalue weighted by Crippen LogP contribution is 2.45. The maximum atomic E-state index is 13.6. The Morgan fingerprint density at radius 3 is 2.12 bits per heavy atom. The van der Waals surface area contributed by atoms with Crippen molar-refractivity contribution in [3.63, 3.8) is 0 Å². The van der Waals surface area contributed by atoms with E-state index in [0.717, 1.165) is 4.31 Å². The third-order valence-corrected chi connectivity index (χ3v) is 7.12. The van der Waals surface area contributed by atoms with Gasteiger partial charge in [0.05, 0.1) is 29.8 Å². The summed E-state index contributed by atoms with van der Waals surface area (Å²) in [5.74, 6) is -0.585. The van der Waals surface area contributed by atoms with Crippen LogP contribution in [-0.4, -0.2) is 33.7 Å². The quantitative estimate of drug-likeness (QED) is 0.592. The molecule has 0 saturated carbocycles. The largest absolute Gasteiger partial charge is 0.497 e. The fourth-order valence-corrected chi connectivity index (χ4v) is 5.64. The van der Waals surface area contributed by atoms with Gasteiger partial charge in [0.25, 0.3) is 10.0 Å². The van der Waals surface area contributed by atoms with Crippen molar-refractivity contribution in [3.8, 4) is 11.5 Å². The lowest BCUT2D eigenvalue weighted by atomic mass is 9.94. The molecule has 4 rings (SSSR count). The van der Waals surface area contributed by atoms with E-state index in [0.29, 0.717) is 17.1 Å². The van der Waals surface area contributed by atoms with E-state index >= 15 is 0 Å². The van der Waals surface area contributed by atoms with E-state index in [1.165, 1.54) is 32.4 Å². The minimum atomic E-state index is -4.28. The number of halogens is 1. The molecule has 1 N–H and O–H groups in total. The Morgan fingerprint density at radius 2 is 1.53 bits per heavy atom. The maximum Gasteiger partial charge on any atom is 0.354 e. The third-order valence-electron chi connectivity index (χ3n) is 5.03. The summed E-state index contributed by atoms with van der Waals surface area (Å²) in [6.45, 7) is 0. The fourth-order valence-electron chi connectivity index (χ4n) is 3.65. The normalized spacial score (nSPS) is 14.7. The molecule has 3 aromatic carbocycles. The highest BCUT2D eigenvalue weighted by molar-refractivity contribution is 7.93. The van der Waals surface area contributed by atoms with Crippen LogP contribution in [0.25, 0.3) is 5.57 Å². The van der Waals surface area contributed by atoms with Gasteiger partial charge in [-0.1, -0.05) is 41.9 Å². The molecular weight excluding hydrogens is 454 g/mol. The van der Waals surface area contributed by atoms with Gasteiger partial charge in [-0.15, -0.1) is 0 Å². The first kappa shape index (κ1) is 21.7. The number of nitrogens with zero attached hydrogens (tertiary/aromatic N) is 1. The molecule has 0 saturated heterocycles. The second kappa shape index (κ2) is 8.22. The summed E-state index contributed by atoms with van der Waals surface area (Å²) < 4.78 is 38.7. The zero-order valence-corrected chi connectivity index (χ0v) is 18.6. The van der Waals surface area contributed by atoms with Crippen LogP contribution in [0, 0.1) is 0 Å². The van der Waals surface area contributed by atoms with Crippen LogP contribution in [0.5, 0.6) is 11.5 Å². The number of methoxy groups -OCH3 is 2. The Balaban J connectivity index is 2.17. The van der Waals surface area contributed by atoms with Crippen molar-refractivity contribution in [2.24, 2.45) is 0 Å². The van der Waals surface area contributed by atoms with E-state index in [4.69, 9.17) is 21.1 Å². The fraction of sp³-hybridized carbons (Fsp3) is 0.0870. The van der Waals surface area contributed by atoms with Gasteiger partial charge in [0.15, 0.2) is 5.70 Å². The van der Waals surface area contributed by atoms with Gasteiger partial charge in [-0.2, -0.15) is 0 Å². The maximum absolute atomic E-state index is 13.6. The van der Waals surface area contributed by atoms with Crippen LogP contribution in [0.4, 0.5) is 5.69 Å². The van der Waals surface area contributed by atoms with Crippen LogP contribution in [-0.2, 0) is 14.8 Å². The number of anilines is 1. The Kier molecular flexibility index (Phi) is 5.58. The Hall–Kier alpha value is -3.49. The Morgan fingerprint density at radius 1 is 0.938 bits per heavy atom. The van der Waals surface area contributed by atoms with Crippen LogP contribution in [0.1, 0.15) is 11.1 Å². The van der Waals surface area contributed by atoms with Gasteiger partial charge in [-0.05, 0) is 35.9 Å². The van der Waals surface area contributed by atoms with Gasteiger partial charge < -0.3 is 14.6 Å². The Labute approximate surface area is 190 Å². The zero-order chi connectivity index (χ0) is 23.0. The Bertz CT molecular complexity index is 1340. The number of rotatable bonds is 5. The SMILES string of the molecule is COc1cc(OC)cc(C2=C(C(=O)O)N(c3ccccc3Cl)S(=O)(=O)c3ccccc32)c1. The molecule has 7 nitrogen and oxygen atoms in total. The predicted octanol–water partition coefficient (Wildman–Crippen LogP) is 4.41. The second-order valence-corrected chi connectivity index (χ2v) is 9.01. The molecular formula is C23H18ClNO6S. The molecule has 1 aliphatic heterocycles. The molecule has 1 aliphatic rings. The molecule has 0 aliphatic carbocycles. The molecule has 0 aromatic heterocycles. The van der Waals surface area contributed by atoms with E-state index in [1.807, 2.05) is 0 Å². The van der Waals surface area contributed by atoms with E-state index in [9.17, 15) is 18.3 Å². The number of hydrogen-bond acceptors (Lipinski definition) is 5. The highest BCUT2D eigenvalue weighted by atomic mass is 35.5. The van der Waals surface area contributed by atoms with Gasteiger partial charge in [0.2, 0.25) is 0 Å². The summed E-state index contributed by atoms with van der Waals surface area (Å²) in [5.41, 5.74) is 0.446. The van der Waals surface area contributed by atoms with E-state index < -0.39 is 21.7 Å². The third kappa shape index (κ3) is 3.47. The van der Waals surface area contributed by atoms with Crippen LogP contribution >= 0.6 is 11.6 Å². The number of aliphatic carboxylic acids is 1. The van der Waals surface area contributed by atoms with Crippen LogP contribution in [0.3, 0.4) is 0 Å². The van der Waals surface area contributed by atoms with Crippen LogP contribution in [0.2, 0.25) is 5.02 Å². The summed E-state index contributed by atoms with van der Waals surface area (Å²) in [4.78, 5) is 12.5. The number of benzene rings is 3. The lowest BCUT2D eigenvalue weighted by Gasteiger charge is -2.33. The monoisotopic (exact) mass is 471 g/mol. The molecule has 3 aromatic rings. The number of carboxylic acid groups (broad SMARTS) is 1. The molecule has 0 bridgehead atoms. The van der Waals surface area contributed by atoms with Gasteiger partial charge in [-0.3, -0.25) is 0 Å². The molecule has 0 atom stereocenters. The van der Waals surface area contributed by atoms with Crippen molar-refractivity contribution in [3.05, 3.63) is 88.6 Å². The molecule has 32 heavy (non-hydrogen) atoms. The summed E-state index contributed by atoms with van der Waals surface area (Å²) in [6, 6.07) is 17.3. The number of hydrogen-bond donors (Lipinski definition) is 1. The van der Waals surface area contributed by atoms with Crippen LogP contribution < -0.4 is 13.8 Å². The zero-order valence-electron chi connectivity index (χ0n) is 17.1. The number of ether oxygens (including phenoxy) is 2.